The predicted molar refractivity (Wildman–Crippen MR) is 60.3 cm³/mol. The Morgan fingerprint density at radius 2 is 2.27 bits per heavy atom. The standard InChI is InChI=1S/C12H15NO2/c1-8-7-11-10(4-6-15-11)12(14-2)9(8)3-5-13/h4,6-7H,3,5,13H2,1-2H3. The number of aryl methyl sites for hydroxylation is 1. The van der Waals surface area contributed by atoms with Gasteiger partial charge in [0.05, 0.1) is 18.8 Å². The minimum absolute atomic E-state index is 0.626. The van der Waals surface area contributed by atoms with E-state index < -0.39 is 0 Å². The van der Waals surface area contributed by atoms with Crippen molar-refractivity contribution >= 4 is 11.0 Å². The van der Waals surface area contributed by atoms with Crippen LogP contribution in [0.4, 0.5) is 0 Å². The number of fused-ring (bicyclic) bond motifs is 1. The molecule has 0 aliphatic carbocycles. The second-order valence-electron chi connectivity index (χ2n) is 3.58. The molecule has 2 rings (SSSR count). The molecule has 0 amide bonds. The van der Waals surface area contributed by atoms with Crippen LogP contribution in [0, 0.1) is 6.92 Å². The van der Waals surface area contributed by atoms with Crippen molar-refractivity contribution < 1.29 is 9.15 Å². The highest BCUT2D eigenvalue weighted by atomic mass is 16.5. The molecule has 0 saturated heterocycles. The molecule has 0 fully saturated rings. The first-order valence-corrected chi connectivity index (χ1v) is 5.01. The van der Waals surface area contributed by atoms with Crippen LogP contribution >= 0.6 is 0 Å². The zero-order valence-electron chi connectivity index (χ0n) is 9.04. The Labute approximate surface area is 88.8 Å². The number of hydrogen-bond acceptors (Lipinski definition) is 3. The van der Waals surface area contributed by atoms with Crippen molar-refractivity contribution in [2.75, 3.05) is 13.7 Å². The molecule has 0 bridgehead atoms. The number of methoxy groups -OCH3 is 1. The summed E-state index contributed by atoms with van der Waals surface area (Å²) in [5.41, 5.74) is 8.80. The van der Waals surface area contributed by atoms with Crippen molar-refractivity contribution in [3.05, 3.63) is 29.5 Å². The molecule has 0 unspecified atom stereocenters. The number of benzene rings is 1. The van der Waals surface area contributed by atoms with E-state index in [2.05, 4.69) is 6.92 Å². The Morgan fingerprint density at radius 1 is 1.47 bits per heavy atom. The number of ether oxygens (including phenoxy) is 1. The van der Waals surface area contributed by atoms with Crippen molar-refractivity contribution in [3.63, 3.8) is 0 Å². The van der Waals surface area contributed by atoms with E-state index in [-0.39, 0.29) is 0 Å². The van der Waals surface area contributed by atoms with Crippen LogP contribution in [-0.2, 0) is 6.42 Å². The summed E-state index contributed by atoms with van der Waals surface area (Å²) in [6, 6.07) is 3.95. The van der Waals surface area contributed by atoms with Crippen LogP contribution in [0.2, 0.25) is 0 Å². The third-order valence-electron chi connectivity index (χ3n) is 2.64. The largest absolute Gasteiger partial charge is 0.496 e. The van der Waals surface area contributed by atoms with E-state index in [4.69, 9.17) is 14.9 Å². The topological polar surface area (TPSA) is 48.4 Å². The number of rotatable bonds is 3. The molecular formula is C12H15NO2. The monoisotopic (exact) mass is 205 g/mol. The molecule has 0 atom stereocenters. The first-order valence-electron chi connectivity index (χ1n) is 5.01. The summed E-state index contributed by atoms with van der Waals surface area (Å²) in [4.78, 5) is 0. The van der Waals surface area contributed by atoms with Gasteiger partial charge in [0, 0.05) is 0 Å². The summed E-state index contributed by atoms with van der Waals surface area (Å²) in [6.45, 7) is 2.68. The Kier molecular flexibility index (Phi) is 2.64. The zero-order valence-corrected chi connectivity index (χ0v) is 9.04. The molecule has 0 aliphatic rings. The number of hydrogen-bond donors (Lipinski definition) is 1. The molecule has 2 N–H and O–H groups in total. The summed E-state index contributed by atoms with van der Waals surface area (Å²) in [5.74, 6) is 0.893. The van der Waals surface area contributed by atoms with Crippen molar-refractivity contribution in [1.82, 2.24) is 0 Å². The molecule has 3 heteroatoms. The Morgan fingerprint density at radius 3 is 2.93 bits per heavy atom. The molecule has 15 heavy (non-hydrogen) atoms. The smallest absolute Gasteiger partial charge is 0.137 e. The van der Waals surface area contributed by atoms with Crippen molar-refractivity contribution in [3.8, 4) is 5.75 Å². The van der Waals surface area contributed by atoms with Crippen molar-refractivity contribution in [2.24, 2.45) is 5.73 Å². The normalized spacial score (nSPS) is 10.9. The average molecular weight is 205 g/mol. The van der Waals surface area contributed by atoms with Crippen LogP contribution in [0.3, 0.4) is 0 Å². The Hall–Kier alpha value is -1.48. The van der Waals surface area contributed by atoms with Gasteiger partial charge in [-0.15, -0.1) is 0 Å². The Balaban J connectivity index is 2.70. The minimum Gasteiger partial charge on any atom is -0.496 e. The van der Waals surface area contributed by atoms with Crippen LogP contribution in [-0.4, -0.2) is 13.7 Å². The Bertz CT molecular complexity index is 474. The molecule has 0 saturated carbocycles. The highest BCUT2D eigenvalue weighted by Gasteiger charge is 2.12. The molecule has 1 heterocycles. The molecule has 1 aromatic carbocycles. The van der Waals surface area contributed by atoms with Gasteiger partial charge < -0.3 is 14.9 Å². The van der Waals surface area contributed by atoms with E-state index in [0.717, 1.165) is 23.1 Å². The zero-order chi connectivity index (χ0) is 10.8. The van der Waals surface area contributed by atoms with Crippen LogP contribution in [0.1, 0.15) is 11.1 Å². The van der Waals surface area contributed by atoms with E-state index in [0.29, 0.717) is 6.54 Å². The van der Waals surface area contributed by atoms with Gasteiger partial charge in [0.1, 0.15) is 11.3 Å². The molecule has 1 aromatic heterocycles. The summed E-state index contributed by atoms with van der Waals surface area (Å²) in [5, 5.41) is 1.02. The second kappa shape index (κ2) is 3.95. The SMILES string of the molecule is COc1c(CCN)c(C)cc2occc12. The van der Waals surface area contributed by atoms with Gasteiger partial charge in [-0.25, -0.2) is 0 Å². The van der Waals surface area contributed by atoms with E-state index in [1.807, 2.05) is 12.1 Å². The predicted octanol–water partition coefficient (Wildman–Crippen LogP) is 2.25. The molecule has 3 nitrogen and oxygen atoms in total. The highest BCUT2D eigenvalue weighted by Crippen LogP contribution is 2.33. The molecule has 0 aliphatic heterocycles. The number of nitrogens with two attached hydrogens (primary N) is 1. The summed E-state index contributed by atoms with van der Waals surface area (Å²) >= 11 is 0. The summed E-state index contributed by atoms with van der Waals surface area (Å²) < 4.78 is 10.8. The van der Waals surface area contributed by atoms with Crippen molar-refractivity contribution in [1.29, 1.82) is 0 Å². The van der Waals surface area contributed by atoms with Gasteiger partial charge in [-0.2, -0.15) is 0 Å². The van der Waals surface area contributed by atoms with Crippen LogP contribution in [0.15, 0.2) is 22.8 Å². The quantitative estimate of drug-likeness (QED) is 0.836. The van der Waals surface area contributed by atoms with E-state index in [1.54, 1.807) is 13.4 Å². The highest BCUT2D eigenvalue weighted by molar-refractivity contribution is 5.86. The lowest BCUT2D eigenvalue weighted by Gasteiger charge is -2.11. The van der Waals surface area contributed by atoms with Crippen molar-refractivity contribution in [2.45, 2.75) is 13.3 Å². The molecule has 0 radical (unpaired) electrons. The van der Waals surface area contributed by atoms with Gasteiger partial charge in [-0.05, 0) is 43.1 Å². The van der Waals surface area contributed by atoms with Gasteiger partial charge in [0.15, 0.2) is 0 Å². The first kappa shape index (κ1) is 10.1. The maximum absolute atomic E-state index is 5.59. The fraction of sp³-hybridized carbons (Fsp3) is 0.333. The van der Waals surface area contributed by atoms with Gasteiger partial charge in [-0.3, -0.25) is 0 Å². The van der Waals surface area contributed by atoms with Gasteiger partial charge in [-0.1, -0.05) is 0 Å². The molecule has 2 aromatic rings. The van der Waals surface area contributed by atoms with Gasteiger partial charge in [0.2, 0.25) is 0 Å². The molecular weight excluding hydrogens is 190 g/mol. The van der Waals surface area contributed by atoms with Crippen LogP contribution < -0.4 is 10.5 Å². The van der Waals surface area contributed by atoms with E-state index in [9.17, 15) is 0 Å². The lowest BCUT2D eigenvalue weighted by Crippen LogP contribution is -2.06. The lowest BCUT2D eigenvalue weighted by molar-refractivity contribution is 0.414. The van der Waals surface area contributed by atoms with Gasteiger partial charge >= 0.3 is 0 Å². The molecule has 0 spiro atoms. The van der Waals surface area contributed by atoms with E-state index >= 15 is 0 Å². The lowest BCUT2D eigenvalue weighted by atomic mass is 10.0. The van der Waals surface area contributed by atoms with Crippen LogP contribution in [0.5, 0.6) is 5.75 Å². The second-order valence-corrected chi connectivity index (χ2v) is 3.58. The minimum atomic E-state index is 0.626. The van der Waals surface area contributed by atoms with Crippen LogP contribution in [0.25, 0.3) is 11.0 Å². The van der Waals surface area contributed by atoms with E-state index in [1.165, 1.54) is 11.1 Å². The number of furan rings is 1. The molecule has 80 valence electrons. The maximum atomic E-state index is 5.59. The fourth-order valence-corrected chi connectivity index (χ4v) is 1.93. The third-order valence-corrected chi connectivity index (χ3v) is 2.64. The fourth-order valence-electron chi connectivity index (χ4n) is 1.93. The first-order chi connectivity index (χ1) is 7.27. The summed E-state index contributed by atoms with van der Waals surface area (Å²) in [7, 11) is 1.68. The average Bonchev–Trinajstić information content (AvgIpc) is 2.66. The van der Waals surface area contributed by atoms with Gasteiger partial charge in [0.25, 0.3) is 0 Å². The summed E-state index contributed by atoms with van der Waals surface area (Å²) in [6.07, 6.45) is 2.51. The third kappa shape index (κ3) is 1.59. The maximum Gasteiger partial charge on any atom is 0.137 e.